The number of aryl methyl sites for hydroxylation is 2. The first-order chi connectivity index (χ1) is 12.0. The van der Waals surface area contributed by atoms with Crippen LogP contribution in [-0.2, 0) is 9.59 Å². The van der Waals surface area contributed by atoms with Gasteiger partial charge in [0.2, 0.25) is 11.8 Å². The summed E-state index contributed by atoms with van der Waals surface area (Å²) >= 11 is 0. The van der Waals surface area contributed by atoms with Gasteiger partial charge in [0.15, 0.2) is 0 Å². The van der Waals surface area contributed by atoms with E-state index in [2.05, 4.69) is 41.8 Å². The lowest BCUT2D eigenvalue weighted by atomic mass is 10.1. The van der Waals surface area contributed by atoms with Crippen LogP contribution in [0.3, 0.4) is 0 Å². The molecule has 2 aliphatic rings. The molecule has 0 bridgehead atoms. The molecule has 136 valence electrons. The number of carbonyl (C=O) groups is 2. The Morgan fingerprint density at radius 1 is 0.880 bits per heavy atom. The smallest absolute Gasteiger partial charge is 0.229 e. The molecule has 2 fully saturated rings. The Labute approximate surface area is 150 Å². The molecule has 0 N–H and O–H groups in total. The summed E-state index contributed by atoms with van der Waals surface area (Å²) in [6, 6.07) is 6.69. The molecule has 25 heavy (non-hydrogen) atoms. The summed E-state index contributed by atoms with van der Waals surface area (Å²) in [7, 11) is 0. The number of carbonyl (C=O) groups excluding carboxylic acids is 2. The van der Waals surface area contributed by atoms with Crippen LogP contribution in [0.4, 0.5) is 5.69 Å². The van der Waals surface area contributed by atoms with Gasteiger partial charge >= 0.3 is 0 Å². The molecule has 2 heterocycles. The van der Waals surface area contributed by atoms with Crippen molar-refractivity contribution < 1.29 is 9.59 Å². The normalized spacial score (nSPS) is 19.6. The quantitative estimate of drug-likeness (QED) is 0.770. The van der Waals surface area contributed by atoms with E-state index in [1.165, 1.54) is 21.7 Å². The Morgan fingerprint density at radius 2 is 1.56 bits per heavy atom. The number of nitrogens with zero attached hydrogens (tertiary/aromatic N) is 3. The SMILES string of the molecule is Cc1ccc(N2CCN(CCCN3C(=O)CCCC3=O)CC2)cc1C. The van der Waals surface area contributed by atoms with Crippen LogP contribution >= 0.6 is 0 Å². The highest BCUT2D eigenvalue weighted by molar-refractivity contribution is 5.97. The number of hydrogen-bond donors (Lipinski definition) is 0. The van der Waals surface area contributed by atoms with Gasteiger partial charge in [0.25, 0.3) is 0 Å². The Hall–Kier alpha value is -1.88. The lowest BCUT2D eigenvalue weighted by Crippen LogP contribution is -2.47. The van der Waals surface area contributed by atoms with E-state index in [0.717, 1.165) is 39.1 Å². The molecule has 2 aliphatic heterocycles. The summed E-state index contributed by atoms with van der Waals surface area (Å²) in [6.07, 6.45) is 2.65. The summed E-state index contributed by atoms with van der Waals surface area (Å²) in [4.78, 5) is 30.0. The highest BCUT2D eigenvalue weighted by Gasteiger charge is 2.25. The van der Waals surface area contributed by atoms with Crippen LogP contribution in [0.1, 0.15) is 36.8 Å². The molecular weight excluding hydrogens is 314 g/mol. The topological polar surface area (TPSA) is 43.9 Å². The van der Waals surface area contributed by atoms with E-state index in [-0.39, 0.29) is 11.8 Å². The first kappa shape index (κ1) is 17.9. The highest BCUT2D eigenvalue weighted by Crippen LogP contribution is 2.20. The third-order valence-electron chi connectivity index (χ3n) is 5.47. The zero-order valence-corrected chi connectivity index (χ0v) is 15.5. The second-order valence-corrected chi connectivity index (χ2v) is 7.24. The molecule has 3 rings (SSSR count). The first-order valence-corrected chi connectivity index (χ1v) is 9.42. The summed E-state index contributed by atoms with van der Waals surface area (Å²) in [5.74, 6) is 0.0200. The van der Waals surface area contributed by atoms with E-state index < -0.39 is 0 Å². The number of piperidine rings is 1. The van der Waals surface area contributed by atoms with Crippen LogP contribution < -0.4 is 4.90 Å². The van der Waals surface area contributed by atoms with Crippen molar-refractivity contribution in [3.8, 4) is 0 Å². The maximum absolute atomic E-state index is 11.8. The maximum atomic E-state index is 11.8. The Morgan fingerprint density at radius 3 is 2.20 bits per heavy atom. The molecule has 0 aliphatic carbocycles. The van der Waals surface area contributed by atoms with Crippen molar-refractivity contribution in [2.75, 3.05) is 44.2 Å². The Bertz CT molecular complexity index is 620. The minimum absolute atomic E-state index is 0.0100. The lowest BCUT2D eigenvalue weighted by molar-refractivity contribution is -0.148. The monoisotopic (exact) mass is 343 g/mol. The van der Waals surface area contributed by atoms with Crippen LogP contribution in [0.15, 0.2) is 18.2 Å². The van der Waals surface area contributed by atoms with Crippen molar-refractivity contribution >= 4 is 17.5 Å². The van der Waals surface area contributed by atoms with Gasteiger partial charge in [-0.3, -0.25) is 19.4 Å². The van der Waals surface area contributed by atoms with E-state index in [0.29, 0.717) is 25.8 Å². The molecule has 1 aromatic carbocycles. The number of imide groups is 1. The van der Waals surface area contributed by atoms with Gasteiger partial charge in [-0.2, -0.15) is 0 Å². The summed E-state index contributed by atoms with van der Waals surface area (Å²) in [5, 5.41) is 0. The average Bonchev–Trinajstić information content (AvgIpc) is 2.60. The fraction of sp³-hybridized carbons (Fsp3) is 0.600. The predicted molar refractivity (Wildman–Crippen MR) is 99.8 cm³/mol. The second-order valence-electron chi connectivity index (χ2n) is 7.24. The minimum atomic E-state index is 0.0100. The molecule has 5 nitrogen and oxygen atoms in total. The highest BCUT2D eigenvalue weighted by atomic mass is 16.2. The van der Waals surface area contributed by atoms with Gasteiger partial charge in [-0.1, -0.05) is 6.07 Å². The van der Waals surface area contributed by atoms with Crippen molar-refractivity contribution in [1.82, 2.24) is 9.80 Å². The Balaban J connectivity index is 1.42. The summed E-state index contributed by atoms with van der Waals surface area (Å²) < 4.78 is 0. The molecule has 5 heteroatoms. The van der Waals surface area contributed by atoms with Gasteiger partial charge in [0.05, 0.1) is 0 Å². The number of hydrogen-bond acceptors (Lipinski definition) is 4. The maximum Gasteiger partial charge on any atom is 0.229 e. The molecule has 0 aromatic heterocycles. The predicted octanol–water partition coefficient (Wildman–Crippen LogP) is 2.35. The van der Waals surface area contributed by atoms with Gasteiger partial charge in [-0.15, -0.1) is 0 Å². The van der Waals surface area contributed by atoms with Gasteiger partial charge in [0, 0.05) is 51.3 Å². The largest absolute Gasteiger partial charge is 0.369 e. The number of rotatable bonds is 5. The van der Waals surface area contributed by atoms with Crippen molar-refractivity contribution in [1.29, 1.82) is 0 Å². The zero-order valence-electron chi connectivity index (χ0n) is 15.5. The molecule has 1 aromatic rings. The van der Waals surface area contributed by atoms with E-state index in [1.54, 1.807) is 0 Å². The van der Waals surface area contributed by atoms with Crippen molar-refractivity contribution in [3.05, 3.63) is 29.3 Å². The van der Waals surface area contributed by atoms with E-state index in [4.69, 9.17) is 0 Å². The van der Waals surface area contributed by atoms with Crippen LogP contribution in [0, 0.1) is 13.8 Å². The average molecular weight is 343 g/mol. The van der Waals surface area contributed by atoms with Crippen molar-refractivity contribution in [2.45, 2.75) is 39.5 Å². The number of anilines is 1. The van der Waals surface area contributed by atoms with Gasteiger partial charge in [0.1, 0.15) is 0 Å². The van der Waals surface area contributed by atoms with Crippen LogP contribution in [-0.4, -0.2) is 60.9 Å². The third-order valence-corrected chi connectivity index (χ3v) is 5.47. The van der Waals surface area contributed by atoms with Crippen LogP contribution in [0.2, 0.25) is 0 Å². The van der Waals surface area contributed by atoms with Gasteiger partial charge < -0.3 is 4.90 Å². The van der Waals surface area contributed by atoms with E-state index >= 15 is 0 Å². The molecule has 2 saturated heterocycles. The molecule has 0 spiro atoms. The number of piperazine rings is 1. The summed E-state index contributed by atoms with van der Waals surface area (Å²) in [5.41, 5.74) is 3.99. The first-order valence-electron chi connectivity index (χ1n) is 9.42. The fourth-order valence-electron chi connectivity index (χ4n) is 3.65. The third kappa shape index (κ3) is 4.40. The zero-order chi connectivity index (χ0) is 17.8. The lowest BCUT2D eigenvalue weighted by Gasteiger charge is -2.36. The second kappa shape index (κ2) is 8.00. The van der Waals surface area contributed by atoms with Crippen molar-refractivity contribution in [3.63, 3.8) is 0 Å². The van der Waals surface area contributed by atoms with E-state index in [9.17, 15) is 9.59 Å². The fourth-order valence-corrected chi connectivity index (χ4v) is 3.65. The standard InChI is InChI=1S/C20H29N3O2/c1-16-7-8-18(15-17(16)2)22-13-11-21(12-14-22)9-4-10-23-19(24)5-3-6-20(23)25/h7-8,15H,3-6,9-14H2,1-2H3. The molecule has 0 radical (unpaired) electrons. The summed E-state index contributed by atoms with van der Waals surface area (Å²) in [6.45, 7) is 9.98. The number of benzene rings is 1. The van der Waals surface area contributed by atoms with Crippen LogP contribution in [0.25, 0.3) is 0 Å². The van der Waals surface area contributed by atoms with Gasteiger partial charge in [-0.05, 0) is 56.5 Å². The molecular formula is C20H29N3O2. The molecule has 2 amide bonds. The number of likely N-dealkylation sites (tertiary alicyclic amines) is 1. The van der Waals surface area contributed by atoms with Crippen LogP contribution in [0.5, 0.6) is 0 Å². The minimum Gasteiger partial charge on any atom is -0.369 e. The molecule has 0 saturated carbocycles. The van der Waals surface area contributed by atoms with Gasteiger partial charge in [-0.25, -0.2) is 0 Å². The molecule has 0 atom stereocenters. The number of amides is 2. The van der Waals surface area contributed by atoms with E-state index in [1.807, 2.05) is 0 Å². The van der Waals surface area contributed by atoms with Crippen molar-refractivity contribution in [2.24, 2.45) is 0 Å². The molecule has 0 unspecified atom stereocenters. The Kier molecular flexibility index (Phi) is 5.74.